The molecule has 2 bridgehead atoms. The average molecular weight is 205 g/mol. The summed E-state index contributed by atoms with van der Waals surface area (Å²) < 4.78 is 0. The smallest absolute Gasteiger partial charge is 0.0257 e. The van der Waals surface area contributed by atoms with E-state index in [0.717, 1.165) is 35.5 Å². The molecule has 1 aromatic carbocycles. The van der Waals surface area contributed by atoms with Crippen LogP contribution in [0, 0.1) is 17.8 Å². The van der Waals surface area contributed by atoms with Gasteiger partial charge < -0.3 is 0 Å². The predicted molar refractivity (Wildman–Crippen MR) is 57.7 cm³/mol. The van der Waals surface area contributed by atoms with Crippen molar-refractivity contribution in [2.45, 2.75) is 18.3 Å². The first kappa shape index (κ1) is 7.76. The topological polar surface area (TPSA) is 0 Å². The molecule has 0 radical (unpaired) electrons. The number of fused-ring (bicyclic) bond motifs is 8. The molecule has 0 nitrogen and oxygen atoms in total. The quantitative estimate of drug-likeness (QED) is 0.616. The van der Waals surface area contributed by atoms with Crippen LogP contribution in [0.3, 0.4) is 0 Å². The van der Waals surface area contributed by atoms with Crippen LogP contribution >= 0.6 is 11.6 Å². The third kappa shape index (κ3) is 0.704. The lowest BCUT2D eigenvalue weighted by molar-refractivity contribution is 0.562. The van der Waals surface area contributed by atoms with Crippen molar-refractivity contribution in [2.75, 3.05) is 5.88 Å². The molecule has 4 rings (SSSR count). The van der Waals surface area contributed by atoms with Crippen LogP contribution in [-0.4, -0.2) is 5.88 Å². The molecular formula is C13H13Cl. The Morgan fingerprint density at radius 2 is 1.64 bits per heavy atom. The average Bonchev–Trinajstić information content (AvgIpc) is 2.69. The fraction of sp³-hybridized carbons (Fsp3) is 0.538. The van der Waals surface area contributed by atoms with Gasteiger partial charge in [-0.1, -0.05) is 24.3 Å². The Kier molecular flexibility index (Phi) is 1.31. The van der Waals surface area contributed by atoms with Crippen molar-refractivity contribution < 1.29 is 0 Å². The summed E-state index contributed by atoms with van der Waals surface area (Å²) in [4.78, 5) is 0. The van der Waals surface area contributed by atoms with Crippen molar-refractivity contribution in [1.29, 1.82) is 0 Å². The van der Waals surface area contributed by atoms with Gasteiger partial charge in [-0.2, -0.15) is 0 Å². The van der Waals surface area contributed by atoms with E-state index in [1.807, 2.05) is 0 Å². The van der Waals surface area contributed by atoms with Gasteiger partial charge in [0.25, 0.3) is 0 Å². The lowest BCUT2D eigenvalue weighted by Crippen LogP contribution is -1.99. The van der Waals surface area contributed by atoms with Gasteiger partial charge in [-0.15, -0.1) is 11.6 Å². The summed E-state index contributed by atoms with van der Waals surface area (Å²) in [6.07, 6.45) is 1.42. The van der Waals surface area contributed by atoms with Crippen LogP contribution in [-0.2, 0) is 0 Å². The molecule has 0 heterocycles. The first-order chi connectivity index (χ1) is 6.92. The van der Waals surface area contributed by atoms with E-state index in [9.17, 15) is 0 Å². The molecule has 14 heavy (non-hydrogen) atoms. The van der Waals surface area contributed by atoms with Gasteiger partial charge in [0.2, 0.25) is 0 Å². The molecule has 0 saturated heterocycles. The van der Waals surface area contributed by atoms with E-state index in [2.05, 4.69) is 24.3 Å². The minimum Gasteiger partial charge on any atom is -0.126 e. The van der Waals surface area contributed by atoms with Crippen LogP contribution in [0.5, 0.6) is 0 Å². The molecule has 2 saturated carbocycles. The Bertz CT molecular complexity index is 363. The molecular weight excluding hydrogens is 192 g/mol. The van der Waals surface area contributed by atoms with Crippen molar-refractivity contribution in [3.8, 4) is 0 Å². The maximum Gasteiger partial charge on any atom is 0.0257 e. The summed E-state index contributed by atoms with van der Waals surface area (Å²) in [5.41, 5.74) is 3.29. The minimum absolute atomic E-state index is 0.841. The molecule has 0 N–H and O–H groups in total. The first-order valence-corrected chi connectivity index (χ1v) is 6.10. The molecule has 1 aromatic rings. The van der Waals surface area contributed by atoms with Gasteiger partial charge in [0.05, 0.1) is 0 Å². The van der Waals surface area contributed by atoms with Crippen LogP contribution in [0.25, 0.3) is 0 Å². The summed E-state index contributed by atoms with van der Waals surface area (Å²) >= 11 is 6.00. The summed E-state index contributed by atoms with van der Waals surface area (Å²) in [5.74, 6) is 5.36. The Hall–Kier alpha value is -0.490. The summed E-state index contributed by atoms with van der Waals surface area (Å²) in [6.45, 7) is 0. The Balaban J connectivity index is 1.83. The minimum atomic E-state index is 0.841. The Morgan fingerprint density at radius 1 is 1.07 bits per heavy atom. The maximum atomic E-state index is 6.00. The largest absolute Gasteiger partial charge is 0.126 e. The molecule has 2 fully saturated rings. The van der Waals surface area contributed by atoms with Crippen LogP contribution in [0.15, 0.2) is 24.3 Å². The summed E-state index contributed by atoms with van der Waals surface area (Å²) in [5, 5.41) is 0. The van der Waals surface area contributed by atoms with E-state index in [4.69, 9.17) is 11.6 Å². The fourth-order valence-electron chi connectivity index (χ4n) is 4.21. The van der Waals surface area contributed by atoms with Crippen molar-refractivity contribution in [3.05, 3.63) is 35.4 Å². The van der Waals surface area contributed by atoms with E-state index in [-0.39, 0.29) is 0 Å². The molecule has 3 aliphatic carbocycles. The standard InChI is InChI=1S/C13H13Cl/c14-6-11-12-9-5-10(13(11)12)8-4-2-1-3-7(8)9/h1-4,9-13H,5-6H2/t9-,10+,11?,12+,13-. The van der Waals surface area contributed by atoms with E-state index in [0.29, 0.717) is 0 Å². The van der Waals surface area contributed by atoms with Gasteiger partial charge in [0, 0.05) is 5.88 Å². The second kappa shape index (κ2) is 2.36. The van der Waals surface area contributed by atoms with Gasteiger partial charge in [0.1, 0.15) is 0 Å². The van der Waals surface area contributed by atoms with Gasteiger partial charge in [0.15, 0.2) is 0 Å². The molecule has 0 amide bonds. The molecule has 0 aliphatic heterocycles. The van der Waals surface area contributed by atoms with E-state index >= 15 is 0 Å². The van der Waals surface area contributed by atoms with Crippen molar-refractivity contribution in [1.82, 2.24) is 0 Å². The highest BCUT2D eigenvalue weighted by Gasteiger charge is 2.65. The SMILES string of the molecule is ClCC1[C@@H]2[C@H]1[C@@H]1C[C@H]2c2ccccc21. The van der Waals surface area contributed by atoms with E-state index < -0.39 is 0 Å². The Morgan fingerprint density at radius 3 is 2.14 bits per heavy atom. The lowest BCUT2D eigenvalue weighted by Gasteiger charge is -2.12. The van der Waals surface area contributed by atoms with Gasteiger partial charge in [-0.3, -0.25) is 0 Å². The van der Waals surface area contributed by atoms with Gasteiger partial charge >= 0.3 is 0 Å². The third-order valence-corrected chi connectivity index (χ3v) is 5.06. The highest BCUT2D eigenvalue weighted by molar-refractivity contribution is 6.18. The number of hydrogen-bond donors (Lipinski definition) is 0. The molecule has 72 valence electrons. The number of halogens is 1. The number of benzene rings is 1. The van der Waals surface area contributed by atoms with Crippen LogP contribution in [0.4, 0.5) is 0 Å². The Labute approximate surface area is 89.3 Å². The normalized spacial score (nSPS) is 46.2. The van der Waals surface area contributed by atoms with Gasteiger partial charge in [-0.05, 0) is 47.1 Å². The molecule has 1 unspecified atom stereocenters. The molecule has 0 spiro atoms. The zero-order valence-electron chi connectivity index (χ0n) is 7.99. The maximum absolute atomic E-state index is 6.00. The second-order valence-electron chi connectivity index (χ2n) is 5.05. The highest BCUT2D eigenvalue weighted by atomic mass is 35.5. The second-order valence-corrected chi connectivity index (χ2v) is 5.36. The summed E-state index contributed by atoms with van der Waals surface area (Å²) in [7, 11) is 0. The summed E-state index contributed by atoms with van der Waals surface area (Å²) in [6, 6.07) is 9.04. The molecule has 0 aromatic heterocycles. The van der Waals surface area contributed by atoms with Crippen LogP contribution in [0.2, 0.25) is 0 Å². The van der Waals surface area contributed by atoms with Crippen molar-refractivity contribution in [3.63, 3.8) is 0 Å². The van der Waals surface area contributed by atoms with Gasteiger partial charge in [-0.25, -0.2) is 0 Å². The van der Waals surface area contributed by atoms with E-state index in [1.165, 1.54) is 6.42 Å². The molecule has 3 aliphatic rings. The van der Waals surface area contributed by atoms with E-state index in [1.54, 1.807) is 11.1 Å². The molecule has 5 atom stereocenters. The monoisotopic (exact) mass is 204 g/mol. The van der Waals surface area contributed by atoms with Crippen molar-refractivity contribution in [2.24, 2.45) is 17.8 Å². The zero-order chi connectivity index (χ0) is 9.28. The van der Waals surface area contributed by atoms with Crippen molar-refractivity contribution >= 4 is 11.6 Å². The third-order valence-electron chi connectivity index (χ3n) is 4.70. The van der Waals surface area contributed by atoms with Crippen LogP contribution in [0.1, 0.15) is 29.4 Å². The number of rotatable bonds is 1. The zero-order valence-corrected chi connectivity index (χ0v) is 8.74. The molecule has 1 heteroatoms. The first-order valence-electron chi connectivity index (χ1n) is 5.56. The lowest BCUT2D eigenvalue weighted by atomic mass is 9.92. The number of alkyl halides is 1. The highest BCUT2D eigenvalue weighted by Crippen LogP contribution is 2.73. The number of hydrogen-bond acceptors (Lipinski definition) is 0. The predicted octanol–water partition coefficient (Wildman–Crippen LogP) is 3.37. The fourth-order valence-corrected chi connectivity index (χ4v) is 4.62. The van der Waals surface area contributed by atoms with Crippen LogP contribution < -0.4 is 0 Å².